The Hall–Kier alpha value is -0.940. The predicted octanol–water partition coefficient (Wildman–Crippen LogP) is -1.08. The molecular weight excluding hydrogens is 160 g/mol. The molecule has 0 aliphatic carbocycles. The van der Waals surface area contributed by atoms with Crippen molar-refractivity contribution in [3.05, 3.63) is 0 Å². The SMILES string of the molecule is CC.O=C1CNCC(=O)N1CO. The van der Waals surface area contributed by atoms with Gasteiger partial charge in [-0.2, -0.15) is 0 Å². The number of aliphatic hydroxyl groups excluding tert-OH is 1. The van der Waals surface area contributed by atoms with E-state index in [1.807, 2.05) is 13.8 Å². The Morgan fingerprint density at radius 3 is 2.00 bits per heavy atom. The summed E-state index contributed by atoms with van der Waals surface area (Å²) >= 11 is 0. The summed E-state index contributed by atoms with van der Waals surface area (Å²) in [6.07, 6.45) is 0. The van der Waals surface area contributed by atoms with Gasteiger partial charge in [-0.15, -0.1) is 0 Å². The molecular formula is C7H14N2O3. The second-order valence-corrected chi connectivity index (χ2v) is 1.96. The molecule has 0 aromatic carbocycles. The number of aliphatic hydroxyl groups is 1. The minimum atomic E-state index is -0.515. The van der Waals surface area contributed by atoms with E-state index in [1.165, 1.54) is 0 Å². The maximum atomic E-state index is 10.7. The van der Waals surface area contributed by atoms with Crippen molar-refractivity contribution in [3.8, 4) is 0 Å². The van der Waals surface area contributed by atoms with E-state index in [9.17, 15) is 9.59 Å². The third-order valence-corrected chi connectivity index (χ3v) is 1.30. The lowest BCUT2D eigenvalue weighted by molar-refractivity contribution is -0.150. The van der Waals surface area contributed by atoms with E-state index in [4.69, 9.17) is 5.11 Å². The second-order valence-electron chi connectivity index (χ2n) is 1.96. The van der Waals surface area contributed by atoms with Crippen LogP contribution in [0, 0.1) is 0 Å². The van der Waals surface area contributed by atoms with Crippen molar-refractivity contribution in [3.63, 3.8) is 0 Å². The molecule has 1 fully saturated rings. The van der Waals surface area contributed by atoms with Crippen LogP contribution < -0.4 is 5.32 Å². The molecule has 0 unspecified atom stereocenters. The Bertz CT molecular complexity index is 154. The van der Waals surface area contributed by atoms with E-state index in [-0.39, 0.29) is 24.9 Å². The van der Waals surface area contributed by atoms with Gasteiger partial charge in [0.05, 0.1) is 13.1 Å². The molecule has 0 aromatic heterocycles. The highest BCUT2D eigenvalue weighted by molar-refractivity contribution is 5.99. The molecule has 1 saturated heterocycles. The molecule has 0 atom stereocenters. The van der Waals surface area contributed by atoms with Crippen molar-refractivity contribution in [2.24, 2.45) is 0 Å². The molecule has 12 heavy (non-hydrogen) atoms. The van der Waals surface area contributed by atoms with E-state index in [2.05, 4.69) is 5.32 Å². The summed E-state index contributed by atoms with van der Waals surface area (Å²) < 4.78 is 0. The van der Waals surface area contributed by atoms with Crippen LogP contribution in [0.5, 0.6) is 0 Å². The Balaban J connectivity index is 0.000000561. The van der Waals surface area contributed by atoms with E-state index >= 15 is 0 Å². The van der Waals surface area contributed by atoms with Crippen molar-refractivity contribution in [1.82, 2.24) is 10.2 Å². The van der Waals surface area contributed by atoms with Crippen LogP contribution in [-0.2, 0) is 9.59 Å². The zero-order valence-electron chi connectivity index (χ0n) is 7.33. The quantitative estimate of drug-likeness (QED) is 0.496. The Kier molecular flexibility index (Phi) is 5.23. The van der Waals surface area contributed by atoms with Crippen LogP contribution in [0.4, 0.5) is 0 Å². The second kappa shape index (κ2) is 5.68. The van der Waals surface area contributed by atoms with Crippen molar-refractivity contribution in [2.75, 3.05) is 19.8 Å². The molecule has 1 rings (SSSR count). The molecule has 0 radical (unpaired) electrons. The van der Waals surface area contributed by atoms with Crippen LogP contribution in [-0.4, -0.2) is 41.6 Å². The van der Waals surface area contributed by atoms with Crippen molar-refractivity contribution >= 4 is 11.8 Å². The first-order valence-electron chi connectivity index (χ1n) is 3.90. The van der Waals surface area contributed by atoms with Gasteiger partial charge in [-0.25, -0.2) is 0 Å². The largest absolute Gasteiger partial charge is 0.376 e. The summed E-state index contributed by atoms with van der Waals surface area (Å²) in [5.41, 5.74) is 0. The molecule has 1 aliphatic rings. The topological polar surface area (TPSA) is 69.6 Å². The zero-order valence-corrected chi connectivity index (χ0v) is 7.33. The minimum Gasteiger partial charge on any atom is -0.376 e. The summed E-state index contributed by atoms with van der Waals surface area (Å²) in [6, 6.07) is 0. The van der Waals surface area contributed by atoms with Gasteiger partial charge in [-0.05, 0) is 0 Å². The Labute approximate surface area is 71.4 Å². The summed E-state index contributed by atoms with van der Waals surface area (Å²) in [7, 11) is 0. The van der Waals surface area contributed by atoms with Crippen molar-refractivity contribution < 1.29 is 14.7 Å². The summed E-state index contributed by atoms with van der Waals surface area (Å²) in [4.78, 5) is 22.3. The van der Waals surface area contributed by atoms with Gasteiger partial charge < -0.3 is 5.11 Å². The molecule has 70 valence electrons. The first-order valence-corrected chi connectivity index (χ1v) is 3.90. The van der Waals surface area contributed by atoms with E-state index in [1.54, 1.807) is 0 Å². The fourth-order valence-corrected chi connectivity index (χ4v) is 0.764. The van der Waals surface area contributed by atoms with Gasteiger partial charge in [0, 0.05) is 0 Å². The highest BCUT2D eigenvalue weighted by Gasteiger charge is 2.23. The number of amides is 2. The van der Waals surface area contributed by atoms with Crippen LogP contribution in [0.25, 0.3) is 0 Å². The number of rotatable bonds is 1. The number of nitrogens with one attached hydrogen (secondary N) is 1. The summed E-state index contributed by atoms with van der Waals surface area (Å²) in [5.74, 6) is -0.752. The lowest BCUT2D eigenvalue weighted by Gasteiger charge is -2.22. The molecule has 2 amide bonds. The van der Waals surface area contributed by atoms with Gasteiger partial charge in [0.25, 0.3) is 0 Å². The molecule has 1 heterocycles. The minimum absolute atomic E-state index is 0.131. The third kappa shape index (κ3) is 2.60. The smallest absolute Gasteiger partial charge is 0.245 e. The molecule has 0 bridgehead atoms. The lowest BCUT2D eigenvalue weighted by Crippen LogP contribution is -2.52. The average Bonchev–Trinajstić information content (AvgIpc) is 2.08. The molecule has 1 aliphatic heterocycles. The van der Waals surface area contributed by atoms with Gasteiger partial charge in [0.2, 0.25) is 11.8 Å². The van der Waals surface area contributed by atoms with Crippen LogP contribution in [0.1, 0.15) is 13.8 Å². The standard InChI is InChI=1S/C5H8N2O3.C2H6/c8-3-7-4(9)1-6-2-5(7)10;1-2/h6,8H,1-3H2;1-2H3. The third-order valence-electron chi connectivity index (χ3n) is 1.30. The van der Waals surface area contributed by atoms with E-state index < -0.39 is 6.73 Å². The Morgan fingerprint density at radius 1 is 1.33 bits per heavy atom. The van der Waals surface area contributed by atoms with Gasteiger partial charge in [-0.3, -0.25) is 19.8 Å². The normalized spacial score (nSPS) is 17.1. The van der Waals surface area contributed by atoms with E-state index in [0.29, 0.717) is 0 Å². The number of nitrogens with zero attached hydrogens (tertiary/aromatic N) is 1. The van der Waals surface area contributed by atoms with E-state index in [0.717, 1.165) is 4.90 Å². The first kappa shape index (κ1) is 11.1. The van der Waals surface area contributed by atoms with Crippen LogP contribution in [0.3, 0.4) is 0 Å². The Morgan fingerprint density at radius 2 is 1.75 bits per heavy atom. The van der Waals surface area contributed by atoms with Gasteiger partial charge in [0.15, 0.2) is 0 Å². The number of carbonyl (C=O) groups excluding carboxylic acids is 2. The highest BCUT2D eigenvalue weighted by atomic mass is 16.3. The fourth-order valence-electron chi connectivity index (χ4n) is 0.764. The van der Waals surface area contributed by atoms with Crippen LogP contribution in [0.15, 0.2) is 0 Å². The number of piperazine rings is 1. The van der Waals surface area contributed by atoms with Crippen LogP contribution >= 0.6 is 0 Å². The van der Waals surface area contributed by atoms with Crippen molar-refractivity contribution in [1.29, 1.82) is 0 Å². The van der Waals surface area contributed by atoms with Crippen LogP contribution in [0.2, 0.25) is 0 Å². The summed E-state index contributed by atoms with van der Waals surface area (Å²) in [6.45, 7) is 3.75. The number of imide groups is 1. The van der Waals surface area contributed by atoms with Gasteiger partial charge in [-0.1, -0.05) is 13.8 Å². The van der Waals surface area contributed by atoms with Crippen molar-refractivity contribution in [2.45, 2.75) is 13.8 Å². The fraction of sp³-hybridized carbons (Fsp3) is 0.714. The highest BCUT2D eigenvalue weighted by Crippen LogP contribution is 1.92. The molecule has 0 spiro atoms. The zero-order chi connectivity index (χ0) is 9.56. The summed E-state index contributed by atoms with van der Waals surface area (Å²) in [5, 5.41) is 11.1. The monoisotopic (exact) mass is 174 g/mol. The maximum Gasteiger partial charge on any atom is 0.245 e. The molecule has 0 saturated carbocycles. The molecule has 5 nitrogen and oxygen atoms in total. The lowest BCUT2D eigenvalue weighted by atomic mass is 10.4. The maximum absolute atomic E-state index is 10.7. The number of hydrogen-bond donors (Lipinski definition) is 2. The van der Waals surface area contributed by atoms with Gasteiger partial charge >= 0.3 is 0 Å². The number of carbonyl (C=O) groups is 2. The predicted molar refractivity (Wildman–Crippen MR) is 43.2 cm³/mol. The number of hydrogen-bond acceptors (Lipinski definition) is 4. The molecule has 2 N–H and O–H groups in total. The molecule has 5 heteroatoms. The average molecular weight is 174 g/mol. The van der Waals surface area contributed by atoms with Gasteiger partial charge in [0.1, 0.15) is 6.73 Å². The molecule has 0 aromatic rings. The first-order chi connectivity index (χ1) is 5.75.